The Bertz CT molecular complexity index is 954. The molecule has 0 radical (unpaired) electrons. The summed E-state index contributed by atoms with van der Waals surface area (Å²) in [6, 6.07) is 17.8. The number of rotatable bonds is 6. The number of ether oxygens (including phenoxy) is 1. The lowest BCUT2D eigenvalue weighted by atomic mass is 10.00. The lowest BCUT2D eigenvalue weighted by Gasteiger charge is -2.12. The first-order valence-electron chi connectivity index (χ1n) is 9.93. The van der Waals surface area contributed by atoms with Gasteiger partial charge in [-0.3, -0.25) is 0 Å². The first kappa shape index (κ1) is 19.7. The van der Waals surface area contributed by atoms with Gasteiger partial charge >= 0.3 is 0 Å². The molecule has 3 aromatic rings. The highest BCUT2D eigenvalue weighted by molar-refractivity contribution is 5.85. The minimum Gasteiger partial charge on any atom is -0.457 e. The molecule has 0 amide bonds. The Labute approximate surface area is 177 Å². The summed E-state index contributed by atoms with van der Waals surface area (Å²) in [5.41, 5.74) is 9.27. The fourth-order valence-electron chi connectivity index (χ4n) is 4.53. The number of hydrogen-bond donors (Lipinski definition) is 2. The van der Waals surface area contributed by atoms with Crippen molar-refractivity contribution in [3.63, 3.8) is 0 Å². The van der Waals surface area contributed by atoms with Gasteiger partial charge in [-0.2, -0.15) is 0 Å². The minimum absolute atomic E-state index is 0. The SMILES string of the molecule is Cl.Nc1ncnc(CCC2[C@H]3CNC[C@@H]23)c1-c1ccc(Oc2ccccc2)cc1. The Hall–Kier alpha value is -2.63. The molecule has 6 heteroatoms. The molecule has 2 fully saturated rings. The third-order valence-electron chi connectivity index (χ3n) is 6.06. The molecule has 5 rings (SSSR count). The number of aryl methyl sites for hydroxylation is 1. The normalized spacial score (nSPS) is 21.9. The first-order valence-corrected chi connectivity index (χ1v) is 9.93. The standard InChI is InChI=1S/C23H24N4O.ClH/c24-23-22(15-6-8-17(9-7-15)28-16-4-2-1-3-5-16)21(26-14-27-23)11-10-18-19-12-25-13-20(18)19;/h1-9,14,18-20,25H,10-13H2,(H2,24,26,27);1H/t18?,19-,20+;. The van der Waals surface area contributed by atoms with Crippen molar-refractivity contribution in [2.45, 2.75) is 12.8 Å². The molecule has 3 atom stereocenters. The molecule has 150 valence electrons. The van der Waals surface area contributed by atoms with E-state index >= 15 is 0 Å². The largest absolute Gasteiger partial charge is 0.457 e. The maximum atomic E-state index is 6.24. The molecule has 1 saturated heterocycles. The van der Waals surface area contributed by atoms with Crippen molar-refractivity contribution >= 4 is 18.2 Å². The highest BCUT2D eigenvalue weighted by Gasteiger charge is 2.51. The van der Waals surface area contributed by atoms with Crippen molar-refractivity contribution in [3.05, 3.63) is 66.6 Å². The van der Waals surface area contributed by atoms with Crippen LogP contribution in [0.15, 0.2) is 60.9 Å². The number of para-hydroxylation sites is 1. The van der Waals surface area contributed by atoms with Crippen LogP contribution in [0.25, 0.3) is 11.1 Å². The van der Waals surface area contributed by atoms with Gasteiger partial charge in [-0.1, -0.05) is 30.3 Å². The number of nitrogens with one attached hydrogen (secondary N) is 1. The molecule has 2 aliphatic rings. The maximum Gasteiger partial charge on any atom is 0.134 e. The second-order valence-corrected chi connectivity index (χ2v) is 7.71. The molecular weight excluding hydrogens is 384 g/mol. The number of anilines is 1. The Morgan fingerprint density at radius 2 is 1.62 bits per heavy atom. The van der Waals surface area contributed by atoms with E-state index in [0.29, 0.717) is 5.82 Å². The van der Waals surface area contributed by atoms with Crippen LogP contribution in [-0.2, 0) is 6.42 Å². The van der Waals surface area contributed by atoms with Crippen LogP contribution in [0.5, 0.6) is 11.5 Å². The Kier molecular flexibility index (Phi) is 5.69. The summed E-state index contributed by atoms with van der Waals surface area (Å²) >= 11 is 0. The molecular formula is C23H25ClN4O. The Balaban J connectivity index is 0.00000205. The van der Waals surface area contributed by atoms with Crippen LogP contribution in [0.3, 0.4) is 0 Å². The van der Waals surface area contributed by atoms with E-state index in [1.54, 1.807) is 6.33 Å². The summed E-state index contributed by atoms with van der Waals surface area (Å²) in [4.78, 5) is 8.79. The third-order valence-corrected chi connectivity index (χ3v) is 6.06. The molecule has 1 aromatic heterocycles. The summed E-state index contributed by atoms with van der Waals surface area (Å²) in [5.74, 6) is 4.74. The van der Waals surface area contributed by atoms with Gasteiger partial charge in [0.2, 0.25) is 0 Å². The van der Waals surface area contributed by atoms with Crippen LogP contribution in [-0.4, -0.2) is 23.1 Å². The summed E-state index contributed by atoms with van der Waals surface area (Å²) in [6.07, 6.45) is 3.70. The zero-order chi connectivity index (χ0) is 18.9. The Morgan fingerprint density at radius 1 is 0.931 bits per heavy atom. The number of halogens is 1. The van der Waals surface area contributed by atoms with Crippen molar-refractivity contribution in [3.8, 4) is 22.6 Å². The van der Waals surface area contributed by atoms with Crippen LogP contribution < -0.4 is 15.8 Å². The highest BCUT2D eigenvalue weighted by atomic mass is 35.5. The molecule has 1 saturated carbocycles. The first-order chi connectivity index (χ1) is 13.8. The summed E-state index contributed by atoms with van der Waals surface area (Å²) in [5, 5.41) is 3.46. The molecule has 29 heavy (non-hydrogen) atoms. The zero-order valence-electron chi connectivity index (χ0n) is 16.1. The van der Waals surface area contributed by atoms with Crippen LogP contribution in [0.4, 0.5) is 5.82 Å². The predicted molar refractivity (Wildman–Crippen MR) is 117 cm³/mol. The van der Waals surface area contributed by atoms with Crippen molar-refractivity contribution in [1.82, 2.24) is 15.3 Å². The molecule has 5 nitrogen and oxygen atoms in total. The molecule has 0 bridgehead atoms. The van der Waals surface area contributed by atoms with Gasteiger partial charge in [0.25, 0.3) is 0 Å². The van der Waals surface area contributed by atoms with Gasteiger partial charge < -0.3 is 15.8 Å². The van der Waals surface area contributed by atoms with Gasteiger partial charge in [0.1, 0.15) is 23.6 Å². The van der Waals surface area contributed by atoms with E-state index in [2.05, 4.69) is 15.3 Å². The molecule has 2 aromatic carbocycles. The molecule has 1 unspecified atom stereocenters. The van der Waals surface area contributed by atoms with E-state index in [4.69, 9.17) is 10.5 Å². The van der Waals surface area contributed by atoms with E-state index in [-0.39, 0.29) is 12.4 Å². The molecule has 1 aliphatic heterocycles. The lowest BCUT2D eigenvalue weighted by Crippen LogP contribution is -2.15. The van der Waals surface area contributed by atoms with E-state index in [1.807, 2.05) is 54.6 Å². The number of nitrogens with zero attached hydrogens (tertiary/aromatic N) is 2. The van der Waals surface area contributed by atoms with Gasteiger partial charge in [-0.25, -0.2) is 9.97 Å². The smallest absolute Gasteiger partial charge is 0.134 e. The number of nitrogens with two attached hydrogens (primary N) is 1. The van der Waals surface area contributed by atoms with Crippen molar-refractivity contribution in [2.75, 3.05) is 18.8 Å². The van der Waals surface area contributed by atoms with E-state index < -0.39 is 0 Å². The van der Waals surface area contributed by atoms with Crippen molar-refractivity contribution < 1.29 is 4.74 Å². The second kappa shape index (κ2) is 8.39. The van der Waals surface area contributed by atoms with E-state index in [0.717, 1.165) is 52.5 Å². The lowest BCUT2D eigenvalue weighted by molar-refractivity contribution is 0.483. The number of fused-ring (bicyclic) bond motifs is 1. The predicted octanol–water partition coefficient (Wildman–Crippen LogP) is 4.34. The number of nitrogen functional groups attached to an aromatic ring is 1. The number of piperidine rings is 1. The molecule has 3 N–H and O–H groups in total. The highest BCUT2D eigenvalue weighted by Crippen LogP contribution is 2.51. The van der Waals surface area contributed by atoms with E-state index in [9.17, 15) is 0 Å². The van der Waals surface area contributed by atoms with Gasteiger partial charge in [0, 0.05) is 5.56 Å². The second-order valence-electron chi connectivity index (χ2n) is 7.71. The average molecular weight is 409 g/mol. The fourth-order valence-corrected chi connectivity index (χ4v) is 4.53. The van der Waals surface area contributed by atoms with Gasteiger partial charge in [-0.05, 0) is 73.5 Å². The molecule has 0 spiro atoms. The Morgan fingerprint density at radius 3 is 2.34 bits per heavy atom. The van der Waals surface area contributed by atoms with Crippen LogP contribution in [0.1, 0.15) is 12.1 Å². The maximum absolute atomic E-state index is 6.24. The van der Waals surface area contributed by atoms with Gasteiger partial charge in [0.05, 0.1) is 5.69 Å². The van der Waals surface area contributed by atoms with Crippen LogP contribution in [0.2, 0.25) is 0 Å². The minimum atomic E-state index is 0. The average Bonchev–Trinajstić information content (AvgIpc) is 3.15. The van der Waals surface area contributed by atoms with E-state index in [1.165, 1.54) is 19.5 Å². The van der Waals surface area contributed by atoms with Crippen LogP contribution in [0, 0.1) is 17.8 Å². The topological polar surface area (TPSA) is 73.1 Å². The van der Waals surface area contributed by atoms with Crippen molar-refractivity contribution in [2.24, 2.45) is 17.8 Å². The molecule has 1 aliphatic carbocycles. The zero-order valence-corrected chi connectivity index (χ0v) is 16.9. The summed E-state index contributed by atoms with van der Waals surface area (Å²) in [6.45, 7) is 2.36. The fraction of sp³-hybridized carbons (Fsp3) is 0.304. The monoisotopic (exact) mass is 408 g/mol. The van der Waals surface area contributed by atoms with Crippen LogP contribution >= 0.6 is 12.4 Å². The molecule has 2 heterocycles. The number of benzene rings is 2. The van der Waals surface area contributed by atoms with Crippen molar-refractivity contribution in [1.29, 1.82) is 0 Å². The van der Waals surface area contributed by atoms with Gasteiger partial charge in [0.15, 0.2) is 0 Å². The summed E-state index contributed by atoms with van der Waals surface area (Å²) in [7, 11) is 0. The quantitative estimate of drug-likeness (QED) is 0.634. The third kappa shape index (κ3) is 4.07. The number of hydrogen-bond acceptors (Lipinski definition) is 5. The van der Waals surface area contributed by atoms with Gasteiger partial charge in [-0.15, -0.1) is 12.4 Å². The summed E-state index contributed by atoms with van der Waals surface area (Å²) < 4.78 is 5.89. The number of aromatic nitrogens is 2.